The van der Waals surface area contributed by atoms with Crippen molar-refractivity contribution in [3.63, 3.8) is 0 Å². The van der Waals surface area contributed by atoms with Crippen LogP contribution >= 0.6 is 0 Å². The Hall–Kier alpha value is -3.24. The monoisotopic (exact) mass is 410 g/mol. The molecule has 1 aromatic carbocycles. The highest BCUT2D eigenvalue weighted by Gasteiger charge is 2.29. The Morgan fingerprint density at radius 2 is 1.76 bits per heavy atom. The predicted molar refractivity (Wildman–Crippen MR) is 110 cm³/mol. The highest BCUT2D eigenvalue weighted by Crippen LogP contribution is 2.22. The van der Waals surface area contributed by atoms with Gasteiger partial charge in [-0.05, 0) is 30.3 Å². The summed E-state index contributed by atoms with van der Waals surface area (Å²) < 4.78 is 35.3. The molecule has 0 unspecified atom stereocenters. The maximum Gasteiger partial charge on any atom is 0.302 e. The summed E-state index contributed by atoms with van der Waals surface area (Å²) in [5.41, 5.74) is 1.89. The van der Waals surface area contributed by atoms with Gasteiger partial charge < -0.3 is 9.32 Å². The van der Waals surface area contributed by atoms with Crippen LogP contribution in [0.2, 0.25) is 0 Å². The summed E-state index contributed by atoms with van der Waals surface area (Å²) in [5.74, 6) is 0.302. The van der Waals surface area contributed by atoms with Gasteiger partial charge in [0.25, 0.3) is 6.01 Å². The van der Waals surface area contributed by atoms with E-state index < -0.39 is 10.2 Å². The van der Waals surface area contributed by atoms with Gasteiger partial charge in [0.15, 0.2) is 5.58 Å². The van der Waals surface area contributed by atoms with Gasteiger partial charge in [0.2, 0.25) is 5.65 Å². The van der Waals surface area contributed by atoms with Crippen LogP contribution in [0.5, 0.6) is 0 Å². The van der Waals surface area contributed by atoms with Crippen LogP contribution in [0, 0.1) is 0 Å². The summed E-state index contributed by atoms with van der Waals surface area (Å²) in [5, 5.41) is 0.955. The number of nitrogens with zero attached hydrogens (tertiary/aromatic N) is 5. The summed E-state index contributed by atoms with van der Waals surface area (Å²) >= 11 is 0. The first-order chi connectivity index (χ1) is 14.1. The molecule has 4 aromatic rings. The van der Waals surface area contributed by atoms with Gasteiger partial charge in [-0.2, -0.15) is 17.7 Å². The van der Waals surface area contributed by atoms with Crippen LogP contribution in [-0.4, -0.2) is 53.9 Å². The second-order valence-electron chi connectivity index (χ2n) is 6.70. The first-order valence-electron chi connectivity index (χ1n) is 9.19. The van der Waals surface area contributed by atoms with Crippen LogP contribution in [0.1, 0.15) is 0 Å². The third kappa shape index (κ3) is 3.47. The van der Waals surface area contributed by atoms with Crippen molar-refractivity contribution in [1.82, 2.24) is 19.3 Å². The Labute approximate surface area is 167 Å². The van der Waals surface area contributed by atoms with Crippen molar-refractivity contribution in [2.75, 3.05) is 35.8 Å². The standard InChI is InChI=1S/C19H18N6O3S/c26-29(27,23-17-8-7-14-4-1-2-5-15(14)21-17)25-12-10-24(11-13-25)19-22-18-16(28-19)6-3-9-20-18/h1-9H,10-13H2,(H,21,23). The minimum absolute atomic E-state index is 0.302. The summed E-state index contributed by atoms with van der Waals surface area (Å²) in [4.78, 5) is 14.8. The second kappa shape index (κ2) is 6.98. The number of benzene rings is 1. The van der Waals surface area contributed by atoms with Crippen LogP contribution in [0.25, 0.3) is 22.1 Å². The number of rotatable bonds is 4. The van der Waals surface area contributed by atoms with E-state index in [1.807, 2.05) is 35.2 Å². The average molecular weight is 410 g/mol. The lowest BCUT2D eigenvalue weighted by Crippen LogP contribution is -2.50. The van der Waals surface area contributed by atoms with Crippen LogP contribution in [0.15, 0.2) is 59.1 Å². The molecule has 9 nitrogen and oxygen atoms in total. The minimum Gasteiger partial charge on any atom is -0.422 e. The SMILES string of the molecule is O=S(=O)(Nc1ccc2ccccc2n1)N1CCN(c2nc3ncccc3o2)CC1. The van der Waals surface area contributed by atoms with E-state index in [1.165, 1.54) is 4.31 Å². The first-order valence-corrected chi connectivity index (χ1v) is 10.6. The molecule has 0 spiro atoms. The molecule has 10 heteroatoms. The normalized spacial score (nSPS) is 15.8. The predicted octanol–water partition coefficient (Wildman–Crippen LogP) is 2.25. The maximum atomic E-state index is 12.8. The zero-order valence-corrected chi connectivity index (χ0v) is 16.2. The quantitative estimate of drug-likeness (QED) is 0.550. The van der Waals surface area contributed by atoms with E-state index in [-0.39, 0.29) is 0 Å². The van der Waals surface area contributed by atoms with Crippen molar-refractivity contribution in [3.05, 3.63) is 54.7 Å². The molecular weight excluding hydrogens is 392 g/mol. The van der Waals surface area contributed by atoms with Crippen LogP contribution < -0.4 is 9.62 Å². The van der Waals surface area contributed by atoms with Gasteiger partial charge in [-0.1, -0.05) is 18.2 Å². The number of aromatic nitrogens is 3. The Kier molecular flexibility index (Phi) is 4.29. The van der Waals surface area contributed by atoms with E-state index in [0.717, 1.165) is 10.9 Å². The molecule has 0 radical (unpaired) electrons. The minimum atomic E-state index is -3.70. The second-order valence-corrected chi connectivity index (χ2v) is 8.37. The van der Waals surface area contributed by atoms with Gasteiger partial charge in [-0.3, -0.25) is 4.72 Å². The van der Waals surface area contributed by atoms with Crippen molar-refractivity contribution in [3.8, 4) is 0 Å². The van der Waals surface area contributed by atoms with E-state index >= 15 is 0 Å². The summed E-state index contributed by atoms with van der Waals surface area (Å²) in [6, 6.07) is 15.1. The highest BCUT2D eigenvalue weighted by molar-refractivity contribution is 7.90. The molecule has 0 saturated carbocycles. The zero-order valence-electron chi connectivity index (χ0n) is 15.4. The molecule has 1 aliphatic rings. The van der Waals surface area contributed by atoms with E-state index in [9.17, 15) is 8.42 Å². The van der Waals surface area contributed by atoms with Crippen molar-refractivity contribution in [1.29, 1.82) is 0 Å². The van der Waals surface area contributed by atoms with Crippen LogP contribution in [0.3, 0.4) is 0 Å². The van der Waals surface area contributed by atoms with E-state index in [2.05, 4.69) is 19.7 Å². The largest absolute Gasteiger partial charge is 0.422 e. The smallest absolute Gasteiger partial charge is 0.302 e. The molecule has 29 heavy (non-hydrogen) atoms. The van der Waals surface area contributed by atoms with E-state index in [4.69, 9.17) is 4.42 Å². The molecule has 1 N–H and O–H groups in total. The van der Waals surface area contributed by atoms with E-state index in [0.29, 0.717) is 49.2 Å². The Morgan fingerprint density at radius 3 is 2.59 bits per heavy atom. The number of nitrogens with one attached hydrogen (secondary N) is 1. The Morgan fingerprint density at radius 1 is 0.931 bits per heavy atom. The number of para-hydroxylation sites is 1. The van der Waals surface area contributed by atoms with Crippen molar-refractivity contribution in [2.45, 2.75) is 0 Å². The molecule has 148 valence electrons. The third-order valence-corrected chi connectivity index (χ3v) is 6.35. The molecule has 5 rings (SSSR count). The third-order valence-electron chi connectivity index (χ3n) is 4.83. The number of oxazole rings is 1. The fourth-order valence-electron chi connectivity index (χ4n) is 3.33. The molecule has 0 amide bonds. The van der Waals surface area contributed by atoms with Crippen LogP contribution in [0.4, 0.5) is 11.8 Å². The Balaban J connectivity index is 1.28. The molecule has 0 aliphatic carbocycles. The molecular formula is C19H18N6O3S. The van der Waals surface area contributed by atoms with Gasteiger partial charge in [0, 0.05) is 37.8 Å². The van der Waals surface area contributed by atoms with Crippen LogP contribution in [-0.2, 0) is 10.2 Å². The summed E-state index contributed by atoms with van der Waals surface area (Å²) in [7, 11) is -3.70. The zero-order chi connectivity index (χ0) is 19.8. The number of hydrogen-bond donors (Lipinski definition) is 1. The number of pyridine rings is 2. The average Bonchev–Trinajstić information content (AvgIpc) is 3.18. The van der Waals surface area contributed by atoms with Gasteiger partial charge in [-0.25, -0.2) is 9.97 Å². The number of fused-ring (bicyclic) bond motifs is 2. The Bertz CT molecular complexity index is 1250. The molecule has 0 bridgehead atoms. The van der Waals surface area contributed by atoms with Gasteiger partial charge in [0.1, 0.15) is 5.82 Å². The summed E-state index contributed by atoms with van der Waals surface area (Å²) in [6.45, 7) is 1.57. The molecule has 0 atom stereocenters. The fraction of sp³-hybridized carbons (Fsp3) is 0.211. The number of hydrogen-bond acceptors (Lipinski definition) is 7. The van der Waals surface area contributed by atoms with Gasteiger partial charge in [-0.15, -0.1) is 0 Å². The lowest BCUT2D eigenvalue weighted by Gasteiger charge is -2.32. The lowest BCUT2D eigenvalue weighted by atomic mass is 10.2. The number of piperazine rings is 1. The number of anilines is 2. The van der Waals surface area contributed by atoms with Crippen molar-refractivity contribution >= 4 is 44.2 Å². The van der Waals surface area contributed by atoms with E-state index in [1.54, 1.807) is 24.4 Å². The molecule has 1 fully saturated rings. The molecule has 4 heterocycles. The summed E-state index contributed by atoms with van der Waals surface area (Å²) in [6.07, 6.45) is 1.66. The van der Waals surface area contributed by atoms with Crippen molar-refractivity contribution in [2.24, 2.45) is 0 Å². The maximum absolute atomic E-state index is 12.8. The topological polar surface area (TPSA) is 104 Å². The molecule has 1 aliphatic heterocycles. The highest BCUT2D eigenvalue weighted by atomic mass is 32.2. The first kappa shape index (κ1) is 17.8. The molecule has 3 aromatic heterocycles. The van der Waals surface area contributed by atoms with Gasteiger partial charge in [0.05, 0.1) is 5.52 Å². The lowest BCUT2D eigenvalue weighted by molar-refractivity contribution is 0.376. The molecule has 1 saturated heterocycles. The van der Waals surface area contributed by atoms with Crippen molar-refractivity contribution < 1.29 is 12.8 Å². The van der Waals surface area contributed by atoms with Gasteiger partial charge >= 0.3 is 10.2 Å². The fourth-order valence-corrected chi connectivity index (χ4v) is 4.48.